The Morgan fingerprint density at radius 3 is 2.53 bits per heavy atom. The van der Waals surface area contributed by atoms with Gasteiger partial charge in [-0.3, -0.25) is 4.72 Å². The van der Waals surface area contributed by atoms with Gasteiger partial charge in [-0.15, -0.1) is 0 Å². The average molecular weight is 465 g/mol. The third-order valence-electron chi connectivity index (χ3n) is 5.67. The molecule has 2 unspecified atom stereocenters. The van der Waals surface area contributed by atoms with Gasteiger partial charge in [0.05, 0.1) is 6.26 Å². The Bertz CT molecular complexity index is 1280. The Balaban J connectivity index is 1.76. The van der Waals surface area contributed by atoms with Crippen molar-refractivity contribution in [2.75, 3.05) is 17.5 Å². The van der Waals surface area contributed by atoms with Crippen LogP contribution in [0.3, 0.4) is 0 Å². The summed E-state index contributed by atoms with van der Waals surface area (Å²) in [6.07, 6.45) is 2.10. The van der Waals surface area contributed by atoms with Crippen molar-refractivity contribution in [3.05, 3.63) is 71.0 Å². The summed E-state index contributed by atoms with van der Waals surface area (Å²) < 4.78 is 73.6. The van der Waals surface area contributed by atoms with Crippen molar-refractivity contribution >= 4 is 26.5 Å². The smallest absolute Gasteiger partial charge is 0.229 e. The van der Waals surface area contributed by atoms with E-state index in [1.54, 1.807) is 24.3 Å². The third-order valence-corrected chi connectivity index (χ3v) is 6.27. The van der Waals surface area contributed by atoms with E-state index in [9.17, 15) is 21.6 Å². The topological polar surface area (TPSA) is 81.4 Å². The molecule has 1 heterocycles. The molecule has 0 saturated carbocycles. The van der Waals surface area contributed by atoms with Gasteiger partial charge in [0.15, 0.2) is 11.6 Å². The van der Waals surface area contributed by atoms with Gasteiger partial charge >= 0.3 is 0 Å². The third kappa shape index (κ3) is 4.54. The van der Waals surface area contributed by atoms with E-state index in [1.165, 1.54) is 0 Å². The van der Waals surface area contributed by atoms with Crippen molar-refractivity contribution in [2.45, 2.75) is 25.4 Å². The van der Waals surface area contributed by atoms with Crippen LogP contribution in [0.2, 0.25) is 0 Å². The normalized spacial score (nSPS) is 18.3. The van der Waals surface area contributed by atoms with E-state index in [4.69, 9.17) is 10.5 Å². The second kappa shape index (κ2) is 8.63. The monoisotopic (exact) mass is 464 g/mol. The van der Waals surface area contributed by atoms with E-state index in [0.717, 1.165) is 28.7 Å². The van der Waals surface area contributed by atoms with E-state index in [-0.39, 0.29) is 11.5 Å². The molecule has 0 amide bonds. The molecule has 5 nitrogen and oxygen atoms in total. The van der Waals surface area contributed by atoms with Crippen molar-refractivity contribution in [3.63, 3.8) is 0 Å². The Labute approximate surface area is 184 Å². The van der Waals surface area contributed by atoms with Crippen LogP contribution in [0.1, 0.15) is 30.1 Å². The number of rotatable bonds is 6. The van der Waals surface area contributed by atoms with Crippen LogP contribution in [0.5, 0.6) is 5.75 Å². The summed E-state index contributed by atoms with van der Waals surface area (Å²) in [6, 6.07) is 10.1. The van der Waals surface area contributed by atoms with Crippen LogP contribution in [-0.2, 0) is 16.4 Å². The Morgan fingerprint density at radius 2 is 1.81 bits per heavy atom. The summed E-state index contributed by atoms with van der Waals surface area (Å²) in [5, 5.41) is 1.69. The number of anilines is 1. The molecule has 0 bridgehead atoms. The number of sulfonamides is 1. The highest BCUT2D eigenvalue weighted by molar-refractivity contribution is 7.92. The van der Waals surface area contributed by atoms with Gasteiger partial charge in [0, 0.05) is 28.8 Å². The summed E-state index contributed by atoms with van der Waals surface area (Å²) in [5.74, 6) is -2.90. The molecule has 170 valence electrons. The van der Waals surface area contributed by atoms with Gasteiger partial charge in [-0.1, -0.05) is 12.1 Å². The lowest BCUT2D eigenvalue weighted by Crippen LogP contribution is -2.28. The number of hydrogen-bond donors (Lipinski definition) is 2. The number of nitrogens with two attached hydrogens (primary N) is 1. The molecule has 4 rings (SSSR count). The number of halogens is 3. The number of fused-ring (bicyclic) bond motifs is 3. The predicted octanol–water partition coefficient (Wildman–Crippen LogP) is 4.66. The van der Waals surface area contributed by atoms with E-state index in [2.05, 4.69) is 4.72 Å². The lowest BCUT2D eigenvalue weighted by Gasteiger charge is -2.35. The summed E-state index contributed by atoms with van der Waals surface area (Å²) in [4.78, 5) is 0. The highest BCUT2D eigenvalue weighted by Crippen LogP contribution is 2.44. The van der Waals surface area contributed by atoms with Crippen LogP contribution in [0.4, 0.5) is 18.9 Å². The molecule has 9 heteroatoms. The molecule has 0 aromatic heterocycles. The number of nitrogens with one attached hydrogen (secondary N) is 1. The van der Waals surface area contributed by atoms with Gasteiger partial charge in [0.1, 0.15) is 17.7 Å². The molecule has 1 aliphatic rings. The van der Waals surface area contributed by atoms with Crippen LogP contribution >= 0.6 is 0 Å². The zero-order valence-corrected chi connectivity index (χ0v) is 18.2. The Morgan fingerprint density at radius 1 is 1.06 bits per heavy atom. The molecular weight excluding hydrogens is 441 g/mol. The van der Waals surface area contributed by atoms with Crippen molar-refractivity contribution in [3.8, 4) is 5.75 Å². The second-order valence-electron chi connectivity index (χ2n) is 8.07. The molecule has 1 aliphatic heterocycles. The molecule has 0 fully saturated rings. The van der Waals surface area contributed by atoms with Gasteiger partial charge in [-0.05, 0) is 60.8 Å². The van der Waals surface area contributed by atoms with Crippen molar-refractivity contribution in [1.82, 2.24) is 0 Å². The fourth-order valence-corrected chi connectivity index (χ4v) is 4.84. The summed E-state index contributed by atoms with van der Waals surface area (Å²) in [5.41, 5.74) is 6.99. The van der Waals surface area contributed by atoms with Crippen LogP contribution in [0.15, 0.2) is 42.5 Å². The lowest BCUT2D eigenvalue weighted by atomic mass is 9.82. The molecule has 3 aromatic carbocycles. The molecule has 3 aromatic rings. The highest BCUT2D eigenvalue weighted by atomic mass is 32.2. The van der Waals surface area contributed by atoms with Crippen LogP contribution < -0.4 is 15.2 Å². The minimum absolute atomic E-state index is 0.0237. The van der Waals surface area contributed by atoms with Gasteiger partial charge < -0.3 is 10.5 Å². The minimum atomic E-state index is -3.41. The minimum Gasteiger partial charge on any atom is -0.485 e. The summed E-state index contributed by atoms with van der Waals surface area (Å²) in [7, 11) is -3.41. The van der Waals surface area contributed by atoms with E-state index in [1.807, 2.05) is 6.07 Å². The maximum atomic E-state index is 14.6. The van der Waals surface area contributed by atoms with E-state index >= 15 is 0 Å². The van der Waals surface area contributed by atoms with Crippen molar-refractivity contribution in [2.24, 2.45) is 11.7 Å². The number of benzene rings is 3. The Kier molecular flexibility index (Phi) is 6.05. The molecule has 2 atom stereocenters. The Hall–Kier alpha value is -2.78. The van der Waals surface area contributed by atoms with E-state index < -0.39 is 33.6 Å². The average Bonchev–Trinajstić information content (AvgIpc) is 2.72. The van der Waals surface area contributed by atoms with Gasteiger partial charge in [-0.2, -0.15) is 0 Å². The van der Waals surface area contributed by atoms with Crippen molar-refractivity contribution < 1.29 is 26.3 Å². The maximum absolute atomic E-state index is 14.6. The fraction of sp³-hybridized carbons (Fsp3) is 0.304. The SMILES string of the molecule is CS(=O)(=O)Nc1ccc2c3c(ccc2c1)OC(c1cc(F)c(F)cc1F)C(CCCN)C3. The van der Waals surface area contributed by atoms with Crippen LogP contribution in [-0.4, -0.2) is 21.2 Å². The van der Waals surface area contributed by atoms with Gasteiger partial charge in [0.2, 0.25) is 10.0 Å². The number of hydrogen-bond acceptors (Lipinski definition) is 4. The first-order valence-electron chi connectivity index (χ1n) is 10.2. The predicted molar refractivity (Wildman–Crippen MR) is 118 cm³/mol. The summed E-state index contributed by atoms with van der Waals surface area (Å²) >= 11 is 0. The fourth-order valence-electron chi connectivity index (χ4n) is 4.28. The van der Waals surface area contributed by atoms with E-state index in [0.29, 0.717) is 43.3 Å². The molecule has 0 saturated heterocycles. The first-order chi connectivity index (χ1) is 15.2. The van der Waals surface area contributed by atoms with Gasteiger partial charge in [-0.25, -0.2) is 21.6 Å². The summed E-state index contributed by atoms with van der Waals surface area (Å²) in [6.45, 7) is 0.437. The quantitative estimate of drug-likeness (QED) is 0.520. The second-order valence-corrected chi connectivity index (χ2v) is 9.82. The molecule has 0 spiro atoms. The highest BCUT2D eigenvalue weighted by Gasteiger charge is 2.34. The molecule has 0 radical (unpaired) electrons. The van der Waals surface area contributed by atoms with Crippen molar-refractivity contribution in [1.29, 1.82) is 0 Å². The first kappa shape index (κ1) is 22.4. The van der Waals surface area contributed by atoms with Crippen LogP contribution in [0.25, 0.3) is 10.8 Å². The molecule has 3 N–H and O–H groups in total. The molecule has 0 aliphatic carbocycles. The van der Waals surface area contributed by atoms with Gasteiger partial charge in [0.25, 0.3) is 0 Å². The first-order valence-corrected chi connectivity index (χ1v) is 12.1. The molecular formula is C23H23F3N2O3S. The zero-order valence-electron chi connectivity index (χ0n) is 17.4. The van der Waals surface area contributed by atoms with Crippen LogP contribution in [0, 0.1) is 23.4 Å². The largest absolute Gasteiger partial charge is 0.485 e. The zero-order chi connectivity index (χ0) is 23.0. The standard InChI is InChI=1S/C23H23F3N2O3S/c1-32(29,30)28-15-5-6-16-13(9-15)4-7-22-17(16)10-14(3-2-8-27)23(31-22)18-11-20(25)21(26)12-19(18)24/h4-7,9,11-12,14,23,28H,2-3,8,10,27H2,1H3. The maximum Gasteiger partial charge on any atom is 0.229 e. The number of ether oxygens (including phenoxy) is 1. The molecule has 32 heavy (non-hydrogen) atoms. The lowest BCUT2D eigenvalue weighted by molar-refractivity contribution is 0.103.